The van der Waals surface area contributed by atoms with Crippen molar-refractivity contribution >= 4 is 22.5 Å². The van der Waals surface area contributed by atoms with E-state index in [2.05, 4.69) is 9.72 Å². The molecule has 1 aromatic carbocycles. The van der Waals surface area contributed by atoms with Gasteiger partial charge in [0.25, 0.3) is 0 Å². The zero-order valence-corrected chi connectivity index (χ0v) is 9.43. The number of ether oxygens (including phenoxy) is 1. The van der Waals surface area contributed by atoms with Crippen molar-refractivity contribution in [2.24, 2.45) is 0 Å². The Morgan fingerprint density at radius 2 is 2.00 bits per heavy atom. The predicted molar refractivity (Wildman–Crippen MR) is 58.2 cm³/mol. The average Bonchev–Trinajstić information content (AvgIpc) is 2.20. The van der Waals surface area contributed by atoms with Crippen molar-refractivity contribution in [3.8, 4) is 5.75 Å². The van der Waals surface area contributed by atoms with Gasteiger partial charge in [-0.3, -0.25) is 4.98 Å². The van der Waals surface area contributed by atoms with E-state index in [1.807, 2.05) is 6.92 Å². The smallest absolute Gasteiger partial charge is 0.404 e. The summed E-state index contributed by atoms with van der Waals surface area (Å²) in [5.74, 6) is -0.442. The van der Waals surface area contributed by atoms with Crippen molar-refractivity contribution < 1.29 is 17.9 Å². The summed E-state index contributed by atoms with van der Waals surface area (Å²) in [5.41, 5.74) is 1.19. The number of benzene rings is 1. The van der Waals surface area contributed by atoms with E-state index in [0.29, 0.717) is 10.9 Å². The van der Waals surface area contributed by atoms with Crippen LogP contribution in [0.3, 0.4) is 0 Å². The molecule has 2 rings (SSSR count). The molecule has 0 aliphatic carbocycles. The summed E-state index contributed by atoms with van der Waals surface area (Å²) in [7, 11) is 0. The van der Waals surface area contributed by atoms with Gasteiger partial charge in [-0.2, -0.15) is 0 Å². The van der Waals surface area contributed by atoms with E-state index < -0.39 is 12.1 Å². The predicted octanol–water partition coefficient (Wildman–Crippen LogP) is 4.10. The number of alkyl halides is 3. The first-order chi connectivity index (χ1) is 7.87. The van der Waals surface area contributed by atoms with Crippen LogP contribution in [-0.4, -0.2) is 11.3 Å². The fraction of sp³-hybridized carbons (Fsp3) is 0.182. The molecular formula is C11H7ClF3NO. The molecule has 2 aromatic rings. The molecule has 1 aromatic heterocycles. The topological polar surface area (TPSA) is 22.1 Å². The zero-order chi connectivity index (χ0) is 12.6. The Morgan fingerprint density at radius 3 is 2.65 bits per heavy atom. The molecule has 0 amide bonds. The molecule has 1 heterocycles. The van der Waals surface area contributed by atoms with E-state index in [9.17, 15) is 13.2 Å². The van der Waals surface area contributed by atoms with E-state index in [0.717, 1.165) is 5.56 Å². The van der Waals surface area contributed by atoms with Crippen LogP contribution in [0.2, 0.25) is 5.02 Å². The molecule has 0 saturated heterocycles. The van der Waals surface area contributed by atoms with Gasteiger partial charge in [0.05, 0.1) is 5.52 Å². The Balaban J connectivity index is 2.54. The number of rotatable bonds is 1. The molecule has 2 nitrogen and oxygen atoms in total. The van der Waals surface area contributed by atoms with Gasteiger partial charge in [-0.15, -0.1) is 13.2 Å². The highest BCUT2D eigenvalue weighted by molar-refractivity contribution is 6.36. The molecule has 90 valence electrons. The summed E-state index contributed by atoms with van der Waals surface area (Å²) in [4.78, 5) is 3.99. The largest absolute Gasteiger partial charge is 0.573 e. The second-order valence-corrected chi connectivity index (χ2v) is 3.89. The fourth-order valence-corrected chi connectivity index (χ4v) is 1.72. The molecule has 0 saturated carbocycles. The second kappa shape index (κ2) is 4.07. The van der Waals surface area contributed by atoms with Crippen molar-refractivity contribution in [2.45, 2.75) is 13.3 Å². The summed E-state index contributed by atoms with van der Waals surface area (Å²) in [5, 5.41) is 0.532. The first kappa shape index (κ1) is 12.0. The molecule has 0 radical (unpaired) electrons. The van der Waals surface area contributed by atoms with Crippen LogP contribution in [0.1, 0.15) is 5.56 Å². The van der Waals surface area contributed by atoms with Crippen molar-refractivity contribution in [3.05, 3.63) is 35.0 Å². The molecule has 6 heteroatoms. The number of aromatic nitrogens is 1. The minimum atomic E-state index is -4.76. The van der Waals surface area contributed by atoms with Gasteiger partial charge in [0.15, 0.2) is 0 Å². The highest BCUT2D eigenvalue weighted by Crippen LogP contribution is 2.34. The van der Waals surface area contributed by atoms with Crippen LogP contribution >= 0.6 is 11.6 Å². The molecule has 17 heavy (non-hydrogen) atoms. The molecule has 0 atom stereocenters. The Kier molecular flexibility index (Phi) is 2.87. The summed E-state index contributed by atoms with van der Waals surface area (Å²) < 4.78 is 40.1. The van der Waals surface area contributed by atoms with Gasteiger partial charge in [-0.25, -0.2) is 0 Å². The summed E-state index contributed by atoms with van der Waals surface area (Å²) >= 11 is 5.81. The third kappa shape index (κ3) is 2.61. The molecule has 0 N–H and O–H groups in total. The Hall–Kier alpha value is -1.49. The zero-order valence-electron chi connectivity index (χ0n) is 8.68. The van der Waals surface area contributed by atoms with Crippen LogP contribution in [-0.2, 0) is 0 Å². The lowest BCUT2D eigenvalue weighted by atomic mass is 10.1. The van der Waals surface area contributed by atoms with Crippen molar-refractivity contribution in [2.75, 3.05) is 0 Å². The van der Waals surface area contributed by atoms with Gasteiger partial charge in [0.1, 0.15) is 10.8 Å². The fourth-order valence-electron chi connectivity index (χ4n) is 1.46. The SMILES string of the molecule is Cc1cnc2c(Cl)c(OC(F)(F)F)ccc2c1. The maximum absolute atomic E-state index is 12.1. The summed E-state index contributed by atoms with van der Waals surface area (Å²) in [6.07, 6.45) is -3.23. The lowest BCUT2D eigenvalue weighted by Crippen LogP contribution is -2.17. The molecule has 0 bridgehead atoms. The third-order valence-electron chi connectivity index (χ3n) is 2.12. The monoisotopic (exact) mass is 261 g/mol. The molecular weight excluding hydrogens is 255 g/mol. The first-order valence-corrected chi connectivity index (χ1v) is 5.05. The van der Waals surface area contributed by atoms with Crippen molar-refractivity contribution in [1.29, 1.82) is 0 Å². The summed E-state index contributed by atoms with van der Waals surface area (Å²) in [6.45, 7) is 1.83. The van der Waals surface area contributed by atoms with Crippen LogP contribution in [0, 0.1) is 6.92 Å². The van der Waals surface area contributed by atoms with Gasteiger partial charge in [-0.05, 0) is 30.7 Å². The molecule has 0 unspecified atom stereocenters. The van der Waals surface area contributed by atoms with Crippen LogP contribution in [0.5, 0.6) is 5.75 Å². The number of hydrogen-bond donors (Lipinski definition) is 0. The Labute approximate surface area is 100.0 Å². The van der Waals surface area contributed by atoms with Crippen molar-refractivity contribution in [3.63, 3.8) is 0 Å². The average molecular weight is 262 g/mol. The number of nitrogens with zero attached hydrogens (tertiary/aromatic N) is 1. The van der Waals surface area contributed by atoms with Crippen LogP contribution < -0.4 is 4.74 Å². The highest BCUT2D eigenvalue weighted by atomic mass is 35.5. The van der Waals surface area contributed by atoms with E-state index in [1.165, 1.54) is 18.3 Å². The van der Waals surface area contributed by atoms with Crippen LogP contribution in [0.25, 0.3) is 10.9 Å². The van der Waals surface area contributed by atoms with Crippen LogP contribution in [0.15, 0.2) is 24.4 Å². The van der Waals surface area contributed by atoms with E-state index in [4.69, 9.17) is 11.6 Å². The van der Waals surface area contributed by atoms with Gasteiger partial charge < -0.3 is 4.74 Å². The lowest BCUT2D eigenvalue weighted by molar-refractivity contribution is -0.274. The van der Waals surface area contributed by atoms with Gasteiger partial charge >= 0.3 is 6.36 Å². The number of pyridine rings is 1. The van der Waals surface area contributed by atoms with E-state index in [-0.39, 0.29) is 5.02 Å². The number of halogens is 4. The normalized spacial score (nSPS) is 11.8. The number of fused-ring (bicyclic) bond motifs is 1. The molecule has 0 aliphatic heterocycles. The van der Waals surface area contributed by atoms with Gasteiger partial charge in [-0.1, -0.05) is 11.6 Å². The quantitative estimate of drug-likeness (QED) is 0.771. The number of aryl methyl sites for hydroxylation is 1. The third-order valence-corrected chi connectivity index (χ3v) is 2.48. The Morgan fingerprint density at radius 1 is 1.29 bits per heavy atom. The minimum absolute atomic E-state index is 0.139. The first-order valence-electron chi connectivity index (χ1n) is 4.67. The molecule has 0 aliphatic rings. The van der Waals surface area contributed by atoms with Crippen molar-refractivity contribution in [1.82, 2.24) is 4.98 Å². The van der Waals surface area contributed by atoms with Gasteiger partial charge in [0, 0.05) is 11.6 Å². The lowest BCUT2D eigenvalue weighted by Gasteiger charge is -2.11. The standard InChI is InChI=1S/C11H7ClF3NO/c1-6-4-7-2-3-8(17-11(13,14)15)9(12)10(7)16-5-6/h2-5H,1H3. The maximum Gasteiger partial charge on any atom is 0.573 e. The van der Waals surface area contributed by atoms with Crippen LogP contribution in [0.4, 0.5) is 13.2 Å². The minimum Gasteiger partial charge on any atom is -0.404 e. The summed E-state index contributed by atoms with van der Waals surface area (Å²) in [6, 6.07) is 4.45. The highest BCUT2D eigenvalue weighted by Gasteiger charge is 2.32. The maximum atomic E-state index is 12.1. The molecule has 0 fully saturated rings. The van der Waals surface area contributed by atoms with E-state index >= 15 is 0 Å². The Bertz CT molecular complexity index is 568. The second-order valence-electron chi connectivity index (χ2n) is 3.51. The molecule has 0 spiro atoms. The van der Waals surface area contributed by atoms with Gasteiger partial charge in [0.2, 0.25) is 0 Å². The number of hydrogen-bond acceptors (Lipinski definition) is 2. The van der Waals surface area contributed by atoms with E-state index in [1.54, 1.807) is 6.07 Å².